The van der Waals surface area contributed by atoms with Gasteiger partial charge in [0.25, 0.3) is 0 Å². The van der Waals surface area contributed by atoms with Crippen molar-refractivity contribution in [1.29, 1.82) is 0 Å². The predicted octanol–water partition coefficient (Wildman–Crippen LogP) is 2.51. The maximum atomic E-state index is 5.81. The van der Waals surface area contributed by atoms with E-state index in [1.165, 1.54) is 4.88 Å². The molecule has 1 heterocycles. The molecule has 18 heavy (non-hydrogen) atoms. The molecule has 1 aromatic heterocycles. The average Bonchev–Trinajstić information content (AvgIpc) is 2.72. The minimum atomic E-state index is 0.328. The van der Waals surface area contributed by atoms with Gasteiger partial charge in [0.05, 0.1) is 11.6 Å². The first-order valence-electron chi connectivity index (χ1n) is 6.45. The summed E-state index contributed by atoms with van der Waals surface area (Å²) in [5.41, 5.74) is 5.81. The molecule has 0 aliphatic carbocycles. The third kappa shape index (κ3) is 5.49. The zero-order chi connectivity index (χ0) is 13.5. The number of nitrogens with zero attached hydrogens (tertiary/aromatic N) is 2. The highest BCUT2D eigenvalue weighted by molar-refractivity contribution is 7.11. The Bertz CT molecular complexity index is 384. The Morgan fingerprint density at radius 3 is 2.78 bits per heavy atom. The number of nitrogens with one attached hydrogen (secondary N) is 1. The lowest BCUT2D eigenvalue weighted by atomic mass is 10.1. The number of rotatable bonds is 6. The van der Waals surface area contributed by atoms with E-state index in [4.69, 9.17) is 5.73 Å². The third-order valence-electron chi connectivity index (χ3n) is 2.62. The summed E-state index contributed by atoms with van der Waals surface area (Å²) in [7, 11) is 0. The monoisotopic (exact) mass is 268 g/mol. The van der Waals surface area contributed by atoms with Crippen molar-refractivity contribution < 1.29 is 0 Å². The summed E-state index contributed by atoms with van der Waals surface area (Å²) < 4.78 is 0. The number of nitrogens with two attached hydrogens (primary N) is 1. The summed E-state index contributed by atoms with van der Waals surface area (Å²) in [6, 6.07) is 0. The molecule has 0 bridgehead atoms. The zero-order valence-electron chi connectivity index (χ0n) is 11.7. The van der Waals surface area contributed by atoms with Crippen LogP contribution in [-0.4, -0.2) is 24.0 Å². The summed E-state index contributed by atoms with van der Waals surface area (Å²) >= 11 is 1.73. The van der Waals surface area contributed by atoms with E-state index in [1.54, 1.807) is 11.3 Å². The number of aliphatic imine (C=N–C) groups is 1. The van der Waals surface area contributed by atoms with Gasteiger partial charge in [0.15, 0.2) is 5.96 Å². The van der Waals surface area contributed by atoms with E-state index < -0.39 is 0 Å². The Morgan fingerprint density at radius 1 is 1.50 bits per heavy atom. The Labute approximate surface area is 114 Å². The van der Waals surface area contributed by atoms with Crippen molar-refractivity contribution in [2.45, 2.75) is 40.0 Å². The van der Waals surface area contributed by atoms with Gasteiger partial charge >= 0.3 is 0 Å². The quantitative estimate of drug-likeness (QED) is 0.615. The van der Waals surface area contributed by atoms with Gasteiger partial charge in [0, 0.05) is 23.5 Å². The third-order valence-corrected chi connectivity index (χ3v) is 3.77. The standard InChI is InChI=1S/C13H24N4S/c1-9(2)5-6-15-13(14)17-7-10(3)12-16-8-11(4)18-12/h8-10H,5-7H2,1-4H3,(H3,14,15,17). The van der Waals surface area contributed by atoms with Crippen molar-refractivity contribution in [2.75, 3.05) is 13.1 Å². The molecule has 1 rings (SSSR count). The van der Waals surface area contributed by atoms with Gasteiger partial charge in [-0.1, -0.05) is 20.8 Å². The second-order valence-electron chi connectivity index (χ2n) is 5.05. The lowest BCUT2D eigenvalue weighted by Gasteiger charge is -2.09. The fourth-order valence-corrected chi connectivity index (χ4v) is 2.27. The summed E-state index contributed by atoms with van der Waals surface area (Å²) in [6.07, 6.45) is 3.02. The van der Waals surface area contributed by atoms with Gasteiger partial charge in [-0.15, -0.1) is 11.3 Å². The molecule has 0 aromatic carbocycles. The van der Waals surface area contributed by atoms with Gasteiger partial charge in [0.1, 0.15) is 0 Å². The second-order valence-corrected chi connectivity index (χ2v) is 6.31. The highest BCUT2D eigenvalue weighted by Crippen LogP contribution is 2.20. The molecule has 0 aliphatic heterocycles. The van der Waals surface area contributed by atoms with Crippen LogP contribution in [0.1, 0.15) is 43.0 Å². The fraction of sp³-hybridized carbons (Fsp3) is 0.692. The summed E-state index contributed by atoms with van der Waals surface area (Å²) in [6.45, 7) is 10.2. The Morgan fingerprint density at radius 2 is 2.22 bits per heavy atom. The van der Waals surface area contributed by atoms with Crippen molar-refractivity contribution in [3.63, 3.8) is 0 Å². The summed E-state index contributed by atoms with van der Waals surface area (Å²) in [5, 5.41) is 4.27. The lowest BCUT2D eigenvalue weighted by molar-refractivity contribution is 0.576. The van der Waals surface area contributed by atoms with Crippen molar-refractivity contribution >= 4 is 17.3 Å². The summed E-state index contributed by atoms with van der Waals surface area (Å²) in [5.74, 6) is 1.55. The SMILES string of the molecule is Cc1cnc(C(C)CN=C(N)NCCC(C)C)s1. The topological polar surface area (TPSA) is 63.3 Å². The van der Waals surface area contributed by atoms with E-state index in [1.807, 2.05) is 6.20 Å². The lowest BCUT2D eigenvalue weighted by Crippen LogP contribution is -2.33. The predicted molar refractivity (Wildman–Crippen MR) is 79.2 cm³/mol. The van der Waals surface area contributed by atoms with E-state index in [0.717, 1.165) is 18.0 Å². The molecule has 0 saturated heterocycles. The van der Waals surface area contributed by atoms with E-state index >= 15 is 0 Å². The van der Waals surface area contributed by atoms with Crippen LogP contribution in [0.2, 0.25) is 0 Å². The molecule has 1 atom stereocenters. The molecule has 1 unspecified atom stereocenters. The van der Waals surface area contributed by atoms with E-state index in [9.17, 15) is 0 Å². The fourth-order valence-electron chi connectivity index (χ4n) is 1.46. The first-order chi connectivity index (χ1) is 8.49. The largest absolute Gasteiger partial charge is 0.370 e. The molecule has 0 spiro atoms. The van der Waals surface area contributed by atoms with E-state index in [-0.39, 0.29) is 0 Å². The van der Waals surface area contributed by atoms with Crippen LogP contribution in [0.15, 0.2) is 11.2 Å². The van der Waals surface area contributed by atoms with Gasteiger partial charge in [-0.05, 0) is 19.3 Å². The molecule has 0 saturated carbocycles. The van der Waals surface area contributed by atoms with Gasteiger partial charge in [0.2, 0.25) is 0 Å². The summed E-state index contributed by atoms with van der Waals surface area (Å²) in [4.78, 5) is 9.96. The highest BCUT2D eigenvalue weighted by atomic mass is 32.1. The molecule has 0 aliphatic rings. The van der Waals surface area contributed by atoms with Gasteiger partial charge in [-0.2, -0.15) is 0 Å². The van der Waals surface area contributed by atoms with Crippen LogP contribution in [0, 0.1) is 12.8 Å². The van der Waals surface area contributed by atoms with Crippen molar-refractivity contribution in [3.8, 4) is 0 Å². The Hall–Kier alpha value is -1.10. The smallest absolute Gasteiger partial charge is 0.188 e. The van der Waals surface area contributed by atoms with Gasteiger partial charge in [-0.25, -0.2) is 4.98 Å². The van der Waals surface area contributed by atoms with Crippen LogP contribution in [0.4, 0.5) is 0 Å². The number of guanidine groups is 1. The maximum Gasteiger partial charge on any atom is 0.188 e. The molecule has 102 valence electrons. The second kappa shape index (κ2) is 7.36. The molecular weight excluding hydrogens is 244 g/mol. The van der Waals surface area contributed by atoms with Crippen molar-refractivity contribution in [2.24, 2.45) is 16.6 Å². The molecule has 4 nitrogen and oxygen atoms in total. The zero-order valence-corrected chi connectivity index (χ0v) is 12.5. The number of thiazole rings is 1. The maximum absolute atomic E-state index is 5.81. The van der Waals surface area contributed by atoms with Crippen molar-refractivity contribution in [1.82, 2.24) is 10.3 Å². The van der Waals surface area contributed by atoms with Crippen LogP contribution in [0.3, 0.4) is 0 Å². The van der Waals surface area contributed by atoms with Crippen molar-refractivity contribution in [3.05, 3.63) is 16.1 Å². The number of aromatic nitrogens is 1. The minimum absolute atomic E-state index is 0.328. The molecule has 5 heteroatoms. The van der Waals surface area contributed by atoms with E-state index in [0.29, 0.717) is 24.3 Å². The van der Waals surface area contributed by atoms with Crippen LogP contribution in [-0.2, 0) is 0 Å². The van der Waals surface area contributed by atoms with Crippen LogP contribution in [0.5, 0.6) is 0 Å². The Kier molecular flexibility index (Phi) is 6.12. The van der Waals surface area contributed by atoms with Crippen LogP contribution in [0.25, 0.3) is 0 Å². The molecule has 1 aromatic rings. The molecular formula is C13H24N4S. The molecule has 3 N–H and O–H groups in total. The van der Waals surface area contributed by atoms with Gasteiger partial charge in [-0.3, -0.25) is 4.99 Å². The van der Waals surface area contributed by atoms with Crippen LogP contribution < -0.4 is 11.1 Å². The molecule has 0 radical (unpaired) electrons. The number of hydrogen-bond donors (Lipinski definition) is 2. The average molecular weight is 268 g/mol. The van der Waals surface area contributed by atoms with Gasteiger partial charge < -0.3 is 11.1 Å². The van der Waals surface area contributed by atoms with Crippen LogP contribution >= 0.6 is 11.3 Å². The normalized spacial score (nSPS) is 13.9. The van der Waals surface area contributed by atoms with E-state index in [2.05, 4.69) is 43.0 Å². The molecule has 0 fully saturated rings. The number of aryl methyl sites for hydroxylation is 1. The first-order valence-corrected chi connectivity index (χ1v) is 7.26. The number of hydrogen-bond acceptors (Lipinski definition) is 3. The first kappa shape index (κ1) is 15.0. The molecule has 0 amide bonds. The highest BCUT2D eigenvalue weighted by Gasteiger charge is 2.08. The minimum Gasteiger partial charge on any atom is -0.370 e. The Balaban J connectivity index is 2.33.